The van der Waals surface area contributed by atoms with E-state index in [2.05, 4.69) is 36.1 Å². The van der Waals surface area contributed by atoms with Gasteiger partial charge in [0.15, 0.2) is 9.84 Å². The van der Waals surface area contributed by atoms with Gasteiger partial charge < -0.3 is 14.2 Å². The lowest BCUT2D eigenvalue weighted by Crippen LogP contribution is -2.52. The highest BCUT2D eigenvalue weighted by molar-refractivity contribution is 7.91. The number of rotatable bonds is 11. The summed E-state index contributed by atoms with van der Waals surface area (Å²) >= 11 is 2.77. The van der Waals surface area contributed by atoms with Gasteiger partial charge in [0.05, 0.1) is 28.0 Å². The summed E-state index contributed by atoms with van der Waals surface area (Å²) in [6, 6.07) is 6.96. The van der Waals surface area contributed by atoms with Gasteiger partial charge in [0.2, 0.25) is 33.7 Å². The monoisotopic (exact) mass is 897 g/mol. The predicted octanol–water partition coefficient (Wildman–Crippen LogP) is 3.45. The standard InChI is InChI=1S/C23H27N3O5S2.C17H16N2O6S2/c1-23(2,3)14-4-6-15(7-5-14)33(30,31)24-11-10-19-16-12-26(22(29)17(16)13-32-19)18-8-9-20(27)25-21(18)28;20-15-2-1-13(16(21)18-15)19-7-11-12(17(19)22)9-26-14(11)4-6-27(23,24)10-3-5-25-8-10/h4-7,13,18,24H,8-12H2,1-3H3,(H,25,27,28);3,5,8-9,13H,1-2,4,6-7H2,(H,18,20,21). The molecule has 4 aliphatic heterocycles. The van der Waals surface area contributed by atoms with Crippen molar-refractivity contribution in [3.05, 3.63) is 91.2 Å². The number of imide groups is 2. The number of hydrogen-bond acceptors (Lipinski definition) is 13. The van der Waals surface area contributed by atoms with Crippen LogP contribution in [0.15, 0.2) is 67.8 Å². The number of furan rings is 1. The third-order valence-corrected chi connectivity index (χ3v) is 16.2. The van der Waals surface area contributed by atoms with Crippen LogP contribution in [-0.4, -0.2) is 86.5 Å². The first-order valence-corrected chi connectivity index (χ1v) is 24.1. The summed E-state index contributed by atoms with van der Waals surface area (Å²) in [7, 11) is -7.11. The number of piperidine rings is 2. The molecule has 3 aromatic heterocycles. The van der Waals surface area contributed by atoms with Crippen LogP contribution < -0.4 is 15.4 Å². The van der Waals surface area contributed by atoms with Crippen LogP contribution in [0.2, 0.25) is 0 Å². The Hall–Kier alpha value is -5.02. The van der Waals surface area contributed by atoms with E-state index in [0.29, 0.717) is 36.9 Å². The third kappa shape index (κ3) is 8.88. The zero-order chi connectivity index (χ0) is 43.1. The molecule has 4 aliphatic rings. The lowest BCUT2D eigenvalue weighted by Gasteiger charge is -2.29. The number of benzene rings is 1. The first-order chi connectivity index (χ1) is 28.3. The minimum absolute atomic E-state index is 0.0611. The second-order valence-electron chi connectivity index (χ2n) is 15.9. The molecule has 3 N–H and O–H groups in total. The van der Waals surface area contributed by atoms with Gasteiger partial charge in [0.25, 0.3) is 11.8 Å². The predicted molar refractivity (Wildman–Crippen MR) is 219 cm³/mol. The number of nitrogens with one attached hydrogen (secondary N) is 3. The SMILES string of the molecule is CC(C)(C)c1ccc(S(=O)(=O)NCCc2scc3c2CN(C2CCC(=O)NC2=O)C3=O)cc1.O=C1CCC(N2Cc3c(csc3CCS(=O)(=O)c3ccoc3)C2=O)C(=O)N1. The zero-order valence-electron chi connectivity index (χ0n) is 32.9. The van der Waals surface area contributed by atoms with Crippen LogP contribution in [0.1, 0.15) is 93.6 Å². The number of hydrogen-bond donors (Lipinski definition) is 3. The van der Waals surface area contributed by atoms with Crippen molar-refractivity contribution in [1.82, 2.24) is 25.2 Å². The lowest BCUT2D eigenvalue weighted by atomic mass is 9.87. The molecule has 2 saturated heterocycles. The van der Waals surface area contributed by atoms with Crippen LogP contribution >= 0.6 is 22.7 Å². The number of nitrogens with zero attached hydrogens (tertiary/aromatic N) is 2. The Bertz CT molecular complexity index is 2590. The first kappa shape index (κ1) is 43.1. The molecule has 8 rings (SSSR count). The highest BCUT2D eigenvalue weighted by Crippen LogP contribution is 2.36. The molecule has 20 heteroatoms. The van der Waals surface area contributed by atoms with Crippen LogP contribution in [0.3, 0.4) is 0 Å². The molecule has 0 saturated carbocycles. The van der Waals surface area contributed by atoms with Gasteiger partial charge >= 0.3 is 0 Å². The molecule has 16 nitrogen and oxygen atoms in total. The van der Waals surface area contributed by atoms with Gasteiger partial charge in [0, 0.05) is 53.0 Å². The van der Waals surface area contributed by atoms with Gasteiger partial charge in [-0.05, 0) is 66.0 Å². The fourth-order valence-corrected chi connectivity index (χ4v) is 11.9. The van der Waals surface area contributed by atoms with E-state index >= 15 is 0 Å². The molecule has 7 heterocycles. The number of aryl methyl sites for hydroxylation is 1. The maximum Gasteiger partial charge on any atom is 0.256 e. The maximum absolute atomic E-state index is 12.8. The van der Waals surface area contributed by atoms with E-state index in [1.807, 2.05) is 12.1 Å². The van der Waals surface area contributed by atoms with E-state index in [4.69, 9.17) is 4.42 Å². The minimum atomic E-state index is -3.65. The molecule has 318 valence electrons. The summed E-state index contributed by atoms with van der Waals surface area (Å²) in [6.07, 6.45) is 4.25. The fraction of sp³-hybridized carbons (Fsp3) is 0.400. The molecule has 0 bridgehead atoms. The summed E-state index contributed by atoms with van der Waals surface area (Å²) in [5, 5.41) is 8.03. The molecule has 6 amide bonds. The quantitative estimate of drug-likeness (QED) is 0.185. The van der Waals surface area contributed by atoms with Gasteiger partial charge in [0.1, 0.15) is 23.2 Å². The Morgan fingerprint density at radius 1 is 0.733 bits per heavy atom. The number of sulfonamides is 1. The first-order valence-electron chi connectivity index (χ1n) is 19.2. The number of fused-ring (bicyclic) bond motifs is 2. The van der Waals surface area contributed by atoms with E-state index in [9.17, 15) is 45.6 Å². The van der Waals surface area contributed by atoms with Gasteiger partial charge in [-0.1, -0.05) is 32.9 Å². The molecule has 2 fully saturated rings. The average molecular weight is 898 g/mol. The van der Waals surface area contributed by atoms with Crippen molar-refractivity contribution in [3.63, 3.8) is 0 Å². The number of carbonyl (C=O) groups excluding carboxylic acids is 6. The smallest absolute Gasteiger partial charge is 0.256 e. The van der Waals surface area contributed by atoms with Crippen molar-refractivity contribution in [2.24, 2.45) is 0 Å². The highest BCUT2D eigenvalue weighted by Gasteiger charge is 2.42. The molecular weight excluding hydrogens is 855 g/mol. The number of carbonyl (C=O) groups is 6. The van der Waals surface area contributed by atoms with E-state index < -0.39 is 43.8 Å². The van der Waals surface area contributed by atoms with Crippen molar-refractivity contribution in [2.75, 3.05) is 12.3 Å². The van der Waals surface area contributed by atoms with Crippen molar-refractivity contribution < 1.29 is 50.0 Å². The Morgan fingerprint density at radius 2 is 1.25 bits per heavy atom. The number of amides is 6. The van der Waals surface area contributed by atoms with E-state index in [1.54, 1.807) is 22.9 Å². The second kappa shape index (κ2) is 16.8. The third-order valence-electron chi connectivity index (χ3n) is 10.9. The molecule has 0 aliphatic carbocycles. The molecule has 0 spiro atoms. The summed E-state index contributed by atoms with van der Waals surface area (Å²) < 4.78 is 57.5. The molecule has 2 unspecified atom stereocenters. The molecule has 1 aromatic carbocycles. The Kier molecular flexibility index (Phi) is 12.1. The Labute approximate surface area is 354 Å². The fourth-order valence-electron chi connectivity index (χ4n) is 7.52. The second-order valence-corrected chi connectivity index (χ2v) is 21.7. The van der Waals surface area contributed by atoms with Crippen LogP contribution in [0.5, 0.6) is 0 Å². The molecule has 2 atom stereocenters. The van der Waals surface area contributed by atoms with Gasteiger partial charge in [-0.3, -0.25) is 39.4 Å². The van der Waals surface area contributed by atoms with Crippen LogP contribution in [0.25, 0.3) is 0 Å². The molecule has 0 radical (unpaired) electrons. The topological polar surface area (TPSA) is 226 Å². The molecular formula is C40H43N5O11S4. The zero-order valence-corrected chi connectivity index (χ0v) is 36.2. The van der Waals surface area contributed by atoms with Gasteiger partial charge in [-0.2, -0.15) is 0 Å². The largest absolute Gasteiger partial charge is 0.471 e. The van der Waals surface area contributed by atoms with Gasteiger partial charge in [-0.15, -0.1) is 22.7 Å². The highest BCUT2D eigenvalue weighted by atomic mass is 32.2. The van der Waals surface area contributed by atoms with Crippen molar-refractivity contribution in [2.45, 2.75) is 99.7 Å². The molecule has 60 heavy (non-hydrogen) atoms. The van der Waals surface area contributed by atoms with Crippen molar-refractivity contribution in [3.8, 4) is 0 Å². The van der Waals surface area contributed by atoms with E-state index in [0.717, 1.165) is 26.4 Å². The van der Waals surface area contributed by atoms with E-state index in [1.165, 1.54) is 51.1 Å². The normalized spacial score (nSPS) is 19.5. The summed E-state index contributed by atoms with van der Waals surface area (Å²) in [4.78, 5) is 77.5. The van der Waals surface area contributed by atoms with Crippen molar-refractivity contribution >= 4 is 78.0 Å². The summed E-state index contributed by atoms with van der Waals surface area (Å²) in [5.74, 6) is -2.12. The Balaban J connectivity index is 0.000000185. The van der Waals surface area contributed by atoms with Crippen LogP contribution in [0.4, 0.5) is 0 Å². The van der Waals surface area contributed by atoms with Crippen molar-refractivity contribution in [1.29, 1.82) is 0 Å². The number of sulfone groups is 1. The van der Waals surface area contributed by atoms with Gasteiger partial charge in [-0.25, -0.2) is 21.6 Å². The summed E-state index contributed by atoms with van der Waals surface area (Å²) in [5.41, 5.74) is 3.68. The van der Waals surface area contributed by atoms with E-state index in [-0.39, 0.29) is 76.9 Å². The van der Waals surface area contributed by atoms with Crippen LogP contribution in [-0.2, 0) is 70.4 Å². The maximum atomic E-state index is 12.8. The lowest BCUT2D eigenvalue weighted by molar-refractivity contribution is -0.138. The number of thiophene rings is 2. The van der Waals surface area contributed by atoms with Crippen LogP contribution in [0, 0.1) is 0 Å². The minimum Gasteiger partial charge on any atom is -0.471 e. The molecule has 4 aromatic rings. The Morgan fingerprint density at radius 3 is 1.72 bits per heavy atom. The average Bonchev–Trinajstić information content (AvgIpc) is 4.03. The summed E-state index contributed by atoms with van der Waals surface area (Å²) in [6.45, 7) is 6.95.